The van der Waals surface area contributed by atoms with Gasteiger partial charge in [0.25, 0.3) is 5.56 Å². The Morgan fingerprint density at radius 2 is 2.08 bits per heavy atom. The minimum atomic E-state index is -0.255. The lowest BCUT2D eigenvalue weighted by Crippen LogP contribution is -2.40. The molecule has 1 N–H and O–H groups in total. The van der Waals surface area contributed by atoms with Crippen LogP contribution in [0.5, 0.6) is 0 Å². The van der Waals surface area contributed by atoms with Crippen molar-refractivity contribution in [1.82, 2.24) is 15.1 Å². The largest absolute Gasteiger partial charge is 0.378 e. The number of nitrogens with zero attached hydrogens (tertiary/aromatic N) is 3. The summed E-state index contributed by atoms with van der Waals surface area (Å²) in [6.07, 6.45) is 6.96. The number of carbonyl (C=O) groups is 1. The van der Waals surface area contributed by atoms with E-state index < -0.39 is 0 Å². The van der Waals surface area contributed by atoms with Gasteiger partial charge < -0.3 is 15.0 Å². The molecule has 2 aliphatic carbocycles. The summed E-state index contributed by atoms with van der Waals surface area (Å²) in [6, 6.07) is 3.19. The summed E-state index contributed by atoms with van der Waals surface area (Å²) in [5.74, 6) is 2.40. The molecule has 25 heavy (non-hydrogen) atoms. The molecule has 1 aromatic rings. The third-order valence-electron chi connectivity index (χ3n) is 5.46. The van der Waals surface area contributed by atoms with Crippen molar-refractivity contribution in [1.29, 1.82) is 0 Å². The number of aromatic nitrogens is 2. The van der Waals surface area contributed by atoms with Crippen LogP contribution in [-0.2, 0) is 16.1 Å². The molecule has 7 nitrogen and oxygen atoms in total. The fourth-order valence-corrected chi connectivity index (χ4v) is 4.08. The minimum absolute atomic E-state index is 0.0341. The van der Waals surface area contributed by atoms with Crippen LogP contribution in [0.1, 0.15) is 12.8 Å². The number of ether oxygens (including phenoxy) is 1. The highest BCUT2D eigenvalue weighted by Crippen LogP contribution is 2.42. The van der Waals surface area contributed by atoms with Gasteiger partial charge in [0.05, 0.1) is 13.2 Å². The number of fused-ring (bicyclic) bond motifs is 2. The molecule has 0 spiro atoms. The number of hydrogen-bond acceptors (Lipinski definition) is 5. The molecule has 3 unspecified atom stereocenters. The van der Waals surface area contributed by atoms with Crippen molar-refractivity contribution in [2.75, 3.05) is 37.7 Å². The summed E-state index contributed by atoms with van der Waals surface area (Å²) in [4.78, 5) is 26.3. The van der Waals surface area contributed by atoms with Gasteiger partial charge >= 0.3 is 0 Å². The maximum Gasteiger partial charge on any atom is 0.267 e. The Balaban J connectivity index is 1.35. The average molecular weight is 344 g/mol. The van der Waals surface area contributed by atoms with Gasteiger partial charge in [-0.25, -0.2) is 4.68 Å². The monoisotopic (exact) mass is 344 g/mol. The van der Waals surface area contributed by atoms with Crippen LogP contribution in [0.15, 0.2) is 29.1 Å². The molecule has 0 radical (unpaired) electrons. The van der Waals surface area contributed by atoms with Gasteiger partial charge in [-0.3, -0.25) is 9.59 Å². The normalized spacial score (nSPS) is 27.7. The SMILES string of the molecule is O=C(Cn1nc(N2CCOCC2)ccc1=O)NCC1CC2C=CC1C2. The second kappa shape index (κ2) is 7.00. The number of rotatable bonds is 5. The zero-order valence-electron chi connectivity index (χ0n) is 14.3. The van der Waals surface area contributed by atoms with Crippen LogP contribution in [0.4, 0.5) is 5.82 Å². The molecule has 3 atom stereocenters. The first-order valence-corrected chi connectivity index (χ1v) is 9.05. The zero-order valence-corrected chi connectivity index (χ0v) is 14.3. The molecule has 4 rings (SSSR count). The van der Waals surface area contributed by atoms with Crippen LogP contribution in [0.2, 0.25) is 0 Å². The van der Waals surface area contributed by atoms with E-state index in [-0.39, 0.29) is 18.0 Å². The van der Waals surface area contributed by atoms with Crippen LogP contribution >= 0.6 is 0 Å². The van der Waals surface area contributed by atoms with Gasteiger partial charge in [0.15, 0.2) is 0 Å². The van der Waals surface area contributed by atoms with Gasteiger partial charge in [-0.05, 0) is 36.7 Å². The van der Waals surface area contributed by atoms with E-state index in [4.69, 9.17) is 4.74 Å². The number of anilines is 1. The van der Waals surface area contributed by atoms with Crippen molar-refractivity contribution in [3.63, 3.8) is 0 Å². The highest BCUT2D eigenvalue weighted by molar-refractivity contribution is 5.75. The molecule has 3 aliphatic rings. The van der Waals surface area contributed by atoms with Gasteiger partial charge in [0.1, 0.15) is 12.4 Å². The Kier molecular flexibility index (Phi) is 4.57. The summed E-state index contributed by atoms with van der Waals surface area (Å²) in [5, 5.41) is 7.33. The van der Waals surface area contributed by atoms with Crippen molar-refractivity contribution < 1.29 is 9.53 Å². The zero-order chi connectivity index (χ0) is 17.2. The third-order valence-corrected chi connectivity index (χ3v) is 5.46. The smallest absolute Gasteiger partial charge is 0.267 e. The van der Waals surface area contributed by atoms with Crippen molar-refractivity contribution in [3.8, 4) is 0 Å². The standard InChI is InChI=1S/C18H24N4O3/c23-17(19-11-15-10-13-1-2-14(15)9-13)12-22-18(24)4-3-16(20-22)21-5-7-25-8-6-21/h1-4,13-15H,5-12H2,(H,19,23). The molecule has 1 saturated heterocycles. The fourth-order valence-electron chi connectivity index (χ4n) is 4.08. The quantitative estimate of drug-likeness (QED) is 0.783. The lowest BCUT2D eigenvalue weighted by molar-refractivity contribution is -0.122. The number of carbonyl (C=O) groups excluding carboxylic acids is 1. The van der Waals surface area contributed by atoms with E-state index in [9.17, 15) is 9.59 Å². The Labute approximate surface area is 146 Å². The maximum absolute atomic E-state index is 12.3. The first-order chi connectivity index (χ1) is 12.2. The molecule has 2 fully saturated rings. The van der Waals surface area contributed by atoms with E-state index in [1.54, 1.807) is 6.07 Å². The maximum atomic E-state index is 12.3. The second-order valence-electron chi connectivity index (χ2n) is 7.13. The van der Waals surface area contributed by atoms with E-state index in [0.29, 0.717) is 43.3 Å². The van der Waals surface area contributed by atoms with Crippen LogP contribution < -0.4 is 15.8 Å². The Hall–Kier alpha value is -2.15. The van der Waals surface area contributed by atoms with Crippen LogP contribution in [0.25, 0.3) is 0 Å². The highest BCUT2D eigenvalue weighted by Gasteiger charge is 2.35. The van der Waals surface area contributed by atoms with E-state index in [1.165, 1.54) is 17.2 Å². The summed E-state index contributed by atoms with van der Waals surface area (Å²) < 4.78 is 6.59. The molecule has 7 heteroatoms. The van der Waals surface area contributed by atoms with Gasteiger partial charge in [0, 0.05) is 25.7 Å². The summed E-state index contributed by atoms with van der Waals surface area (Å²) >= 11 is 0. The van der Waals surface area contributed by atoms with Gasteiger partial charge in [0.2, 0.25) is 5.91 Å². The lowest BCUT2D eigenvalue weighted by Gasteiger charge is -2.27. The Bertz CT molecular complexity index is 723. The first kappa shape index (κ1) is 16.3. The average Bonchev–Trinajstić information content (AvgIpc) is 3.26. The van der Waals surface area contributed by atoms with E-state index in [0.717, 1.165) is 19.5 Å². The van der Waals surface area contributed by atoms with Crippen molar-refractivity contribution in [3.05, 3.63) is 34.6 Å². The first-order valence-electron chi connectivity index (χ1n) is 9.05. The van der Waals surface area contributed by atoms with Crippen molar-refractivity contribution >= 4 is 11.7 Å². The van der Waals surface area contributed by atoms with Crippen molar-refractivity contribution in [2.24, 2.45) is 17.8 Å². The molecule has 134 valence electrons. The predicted octanol–water partition coefficient (Wildman–Crippen LogP) is 0.408. The van der Waals surface area contributed by atoms with Crippen LogP contribution in [0, 0.1) is 17.8 Å². The Morgan fingerprint density at radius 3 is 2.80 bits per heavy atom. The summed E-state index contributed by atoms with van der Waals surface area (Å²) in [6.45, 7) is 3.44. The molecule has 2 bridgehead atoms. The Morgan fingerprint density at radius 1 is 1.24 bits per heavy atom. The van der Waals surface area contributed by atoms with Crippen molar-refractivity contribution in [2.45, 2.75) is 19.4 Å². The summed E-state index contributed by atoms with van der Waals surface area (Å²) in [7, 11) is 0. The minimum Gasteiger partial charge on any atom is -0.378 e. The molecule has 2 heterocycles. The highest BCUT2D eigenvalue weighted by atomic mass is 16.5. The number of allylic oxidation sites excluding steroid dienone is 2. The van der Waals surface area contributed by atoms with Gasteiger partial charge in [-0.1, -0.05) is 12.2 Å². The lowest BCUT2D eigenvalue weighted by atomic mass is 9.94. The number of hydrogen-bond donors (Lipinski definition) is 1. The predicted molar refractivity (Wildman–Crippen MR) is 93.4 cm³/mol. The molecule has 1 saturated carbocycles. The number of amides is 1. The molecular weight excluding hydrogens is 320 g/mol. The van der Waals surface area contributed by atoms with Gasteiger partial charge in [-0.15, -0.1) is 0 Å². The van der Waals surface area contributed by atoms with Crippen LogP contribution in [-0.4, -0.2) is 48.5 Å². The number of nitrogens with one attached hydrogen (secondary N) is 1. The molecule has 1 aliphatic heterocycles. The van der Waals surface area contributed by atoms with E-state index in [2.05, 4.69) is 27.5 Å². The fraction of sp³-hybridized carbons (Fsp3) is 0.611. The van der Waals surface area contributed by atoms with E-state index >= 15 is 0 Å². The van der Waals surface area contributed by atoms with Gasteiger partial charge in [-0.2, -0.15) is 5.10 Å². The van der Waals surface area contributed by atoms with Crippen LogP contribution in [0.3, 0.4) is 0 Å². The van der Waals surface area contributed by atoms with E-state index in [1.807, 2.05) is 0 Å². The second-order valence-corrected chi connectivity index (χ2v) is 7.13. The molecule has 1 amide bonds. The molecule has 1 aromatic heterocycles. The molecule has 0 aromatic carbocycles. The number of morpholine rings is 1. The topological polar surface area (TPSA) is 76.5 Å². The third kappa shape index (κ3) is 3.61. The molecular formula is C18H24N4O3. The summed E-state index contributed by atoms with van der Waals surface area (Å²) in [5.41, 5.74) is -0.255.